The summed E-state index contributed by atoms with van der Waals surface area (Å²) < 4.78 is 27.1. The number of aromatic amines is 2. The molecule has 21 heavy (non-hydrogen) atoms. The van der Waals surface area contributed by atoms with Gasteiger partial charge in [-0.1, -0.05) is 0 Å². The van der Waals surface area contributed by atoms with Gasteiger partial charge in [-0.25, -0.2) is 8.78 Å². The molecule has 3 rings (SSSR count). The van der Waals surface area contributed by atoms with Gasteiger partial charge in [0.15, 0.2) is 4.77 Å². The molecule has 1 aromatic carbocycles. The number of nitrogens with one attached hydrogen (secondary N) is 2. The summed E-state index contributed by atoms with van der Waals surface area (Å²) in [7, 11) is 0. The Hall–Kier alpha value is -1.86. The van der Waals surface area contributed by atoms with Crippen molar-refractivity contribution >= 4 is 12.2 Å². The van der Waals surface area contributed by atoms with Crippen molar-refractivity contribution in [2.24, 2.45) is 0 Å². The summed E-state index contributed by atoms with van der Waals surface area (Å²) >= 11 is 4.95. The Morgan fingerprint density at radius 2 is 2.10 bits per heavy atom. The molecule has 0 unspecified atom stereocenters. The maximum Gasteiger partial charge on any atom is 0.255 e. The van der Waals surface area contributed by atoms with E-state index in [1.54, 1.807) is 0 Å². The van der Waals surface area contributed by atoms with Gasteiger partial charge in [0.1, 0.15) is 11.6 Å². The minimum Gasteiger partial charge on any atom is -0.334 e. The fraction of sp³-hybridized carbons (Fsp3) is 0.286. The second-order valence-electron chi connectivity index (χ2n) is 5.06. The predicted molar refractivity (Wildman–Crippen MR) is 76.4 cm³/mol. The first-order valence-corrected chi connectivity index (χ1v) is 6.94. The molecule has 0 saturated heterocycles. The lowest BCUT2D eigenvalue weighted by molar-refractivity contribution is 0.236. The molecule has 2 N–H and O–H groups in total. The smallest absolute Gasteiger partial charge is 0.255 e. The molecule has 1 aliphatic heterocycles. The number of nitrogens with zero attached hydrogens (tertiary/aromatic N) is 1. The highest BCUT2D eigenvalue weighted by atomic mass is 32.1. The molecule has 0 amide bonds. The minimum atomic E-state index is -0.459. The molecule has 110 valence electrons. The third-order valence-electron chi connectivity index (χ3n) is 3.59. The monoisotopic (exact) mass is 309 g/mol. The van der Waals surface area contributed by atoms with E-state index in [1.807, 2.05) is 4.90 Å². The maximum absolute atomic E-state index is 13.7. The first-order chi connectivity index (χ1) is 10.0. The van der Waals surface area contributed by atoms with Crippen LogP contribution < -0.4 is 5.56 Å². The number of hydrogen-bond acceptors (Lipinski definition) is 3. The van der Waals surface area contributed by atoms with Crippen LogP contribution >= 0.6 is 12.2 Å². The topological polar surface area (TPSA) is 51.9 Å². The summed E-state index contributed by atoms with van der Waals surface area (Å²) in [4.78, 5) is 19.2. The predicted octanol–water partition coefficient (Wildman–Crippen LogP) is 2.27. The standard InChI is InChI=1S/C14H13F2N3OS/c15-9-1-2-11(16)8(5-9)6-19-4-3-10-12(7-19)17-14(21)18-13(10)20/h1-2,5H,3-4,6-7H2,(H2,17,18,20,21). The molecule has 7 heteroatoms. The van der Waals surface area contributed by atoms with Gasteiger partial charge < -0.3 is 4.98 Å². The molecular weight excluding hydrogens is 296 g/mol. The minimum absolute atomic E-state index is 0.176. The Kier molecular flexibility index (Phi) is 3.69. The largest absolute Gasteiger partial charge is 0.334 e. The van der Waals surface area contributed by atoms with Gasteiger partial charge in [0.25, 0.3) is 5.56 Å². The van der Waals surface area contributed by atoms with Crippen molar-refractivity contribution in [2.75, 3.05) is 6.54 Å². The van der Waals surface area contributed by atoms with Crippen LogP contribution in [0.2, 0.25) is 0 Å². The zero-order chi connectivity index (χ0) is 15.0. The Labute approximate surface area is 124 Å². The fourth-order valence-electron chi connectivity index (χ4n) is 2.57. The lowest BCUT2D eigenvalue weighted by Gasteiger charge is -2.27. The van der Waals surface area contributed by atoms with Gasteiger partial charge in [0.2, 0.25) is 0 Å². The molecule has 0 radical (unpaired) electrons. The molecule has 0 atom stereocenters. The zero-order valence-corrected chi connectivity index (χ0v) is 11.9. The molecule has 2 heterocycles. The molecule has 0 fully saturated rings. The summed E-state index contributed by atoms with van der Waals surface area (Å²) in [6.07, 6.45) is 0.549. The highest BCUT2D eigenvalue weighted by Crippen LogP contribution is 2.18. The maximum atomic E-state index is 13.7. The molecule has 0 bridgehead atoms. The van der Waals surface area contributed by atoms with Crippen LogP contribution in [-0.2, 0) is 19.5 Å². The van der Waals surface area contributed by atoms with Crippen molar-refractivity contribution in [3.63, 3.8) is 0 Å². The third kappa shape index (κ3) is 2.93. The third-order valence-corrected chi connectivity index (χ3v) is 3.80. The average molecular weight is 309 g/mol. The lowest BCUT2D eigenvalue weighted by atomic mass is 10.1. The van der Waals surface area contributed by atoms with Crippen LogP contribution in [0.1, 0.15) is 16.8 Å². The molecular formula is C14H13F2N3OS. The van der Waals surface area contributed by atoms with E-state index >= 15 is 0 Å². The number of H-pyrrole nitrogens is 2. The second kappa shape index (κ2) is 5.50. The normalized spacial score (nSPS) is 15.0. The van der Waals surface area contributed by atoms with Gasteiger partial charge in [0.05, 0.1) is 0 Å². The first kappa shape index (κ1) is 14.1. The highest BCUT2D eigenvalue weighted by Gasteiger charge is 2.20. The SMILES string of the molecule is O=c1[nH]c(=S)[nH]c2c1CCN(Cc1cc(F)ccc1F)C2. The van der Waals surface area contributed by atoms with Crippen molar-refractivity contribution in [3.05, 3.63) is 61.8 Å². The van der Waals surface area contributed by atoms with Crippen LogP contribution in [0.15, 0.2) is 23.0 Å². The van der Waals surface area contributed by atoms with Crippen LogP contribution in [-0.4, -0.2) is 21.4 Å². The Morgan fingerprint density at radius 1 is 1.29 bits per heavy atom. The van der Waals surface area contributed by atoms with Crippen LogP contribution in [0, 0.1) is 16.4 Å². The van der Waals surface area contributed by atoms with Crippen molar-refractivity contribution in [3.8, 4) is 0 Å². The van der Waals surface area contributed by atoms with E-state index in [1.165, 1.54) is 6.07 Å². The van der Waals surface area contributed by atoms with Crippen molar-refractivity contribution in [1.82, 2.24) is 14.9 Å². The van der Waals surface area contributed by atoms with Crippen LogP contribution in [0.25, 0.3) is 0 Å². The average Bonchev–Trinajstić information content (AvgIpc) is 2.42. The molecule has 0 aliphatic carbocycles. The number of rotatable bonds is 2. The summed E-state index contributed by atoms with van der Waals surface area (Å²) in [5.41, 5.74) is 1.55. The molecule has 1 aliphatic rings. The number of aromatic nitrogens is 2. The summed E-state index contributed by atoms with van der Waals surface area (Å²) in [6.45, 7) is 1.35. The highest BCUT2D eigenvalue weighted by molar-refractivity contribution is 7.71. The van der Waals surface area contributed by atoms with E-state index in [9.17, 15) is 13.6 Å². The molecule has 2 aromatic rings. The van der Waals surface area contributed by atoms with Gasteiger partial charge in [-0.15, -0.1) is 0 Å². The van der Waals surface area contributed by atoms with Gasteiger partial charge in [-0.2, -0.15) is 0 Å². The fourth-order valence-corrected chi connectivity index (χ4v) is 2.79. The van der Waals surface area contributed by atoms with Gasteiger partial charge in [0, 0.05) is 36.5 Å². The van der Waals surface area contributed by atoms with Crippen LogP contribution in [0.3, 0.4) is 0 Å². The van der Waals surface area contributed by atoms with Crippen molar-refractivity contribution in [1.29, 1.82) is 0 Å². The van der Waals surface area contributed by atoms with E-state index in [-0.39, 0.29) is 16.9 Å². The number of halogens is 2. The van der Waals surface area contributed by atoms with Crippen molar-refractivity contribution in [2.45, 2.75) is 19.5 Å². The molecule has 4 nitrogen and oxygen atoms in total. The van der Waals surface area contributed by atoms with Gasteiger partial charge >= 0.3 is 0 Å². The molecule has 0 saturated carbocycles. The number of fused-ring (bicyclic) bond motifs is 1. The Bertz CT molecular complexity index is 800. The van der Waals surface area contributed by atoms with E-state index in [2.05, 4.69) is 9.97 Å². The molecule has 0 spiro atoms. The van der Waals surface area contributed by atoms with Gasteiger partial charge in [-0.05, 0) is 36.8 Å². The Balaban J connectivity index is 1.85. The number of hydrogen-bond donors (Lipinski definition) is 2. The lowest BCUT2D eigenvalue weighted by Crippen LogP contribution is -2.35. The zero-order valence-electron chi connectivity index (χ0n) is 11.1. The van der Waals surface area contributed by atoms with Gasteiger partial charge in [-0.3, -0.25) is 14.7 Å². The van der Waals surface area contributed by atoms with Crippen LogP contribution in [0.4, 0.5) is 8.78 Å². The summed E-state index contributed by atoms with van der Waals surface area (Å²) in [5, 5.41) is 0. The van der Waals surface area contributed by atoms with Crippen molar-refractivity contribution < 1.29 is 8.78 Å². The Morgan fingerprint density at radius 3 is 2.90 bits per heavy atom. The van der Waals surface area contributed by atoms with E-state index < -0.39 is 11.6 Å². The molecule has 1 aromatic heterocycles. The quantitative estimate of drug-likeness (QED) is 0.837. The number of benzene rings is 1. The summed E-state index contributed by atoms with van der Waals surface area (Å²) in [6, 6.07) is 3.42. The van der Waals surface area contributed by atoms with Crippen LogP contribution in [0.5, 0.6) is 0 Å². The summed E-state index contributed by atoms with van der Waals surface area (Å²) in [5.74, 6) is -0.888. The van der Waals surface area contributed by atoms with E-state index in [4.69, 9.17) is 12.2 Å². The van der Waals surface area contributed by atoms with E-state index in [0.717, 1.165) is 17.8 Å². The first-order valence-electron chi connectivity index (χ1n) is 6.53. The second-order valence-corrected chi connectivity index (χ2v) is 5.47. The van der Waals surface area contributed by atoms with E-state index in [0.29, 0.717) is 30.6 Å².